The van der Waals surface area contributed by atoms with Crippen molar-refractivity contribution >= 4 is 23.2 Å². The van der Waals surface area contributed by atoms with Crippen molar-refractivity contribution in [3.8, 4) is 5.75 Å². The van der Waals surface area contributed by atoms with Crippen LogP contribution in [0.1, 0.15) is 5.56 Å². The van der Waals surface area contributed by atoms with Crippen molar-refractivity contribution in [2.75, 3.05) is 33.2 Å². The Balaban J connectivity index is 2.16. The summed E-state index contributed by atoms with van der Waals surface area (Å²) in [6.07, 6.45) is 0. The third-order valence-corrected chi connectivity index (χ3v) is 4.07. The van der Waals surface area contributed by atoms with Crippen LogP contribution in [0.5, 0.6) is 5.75 Å². The van der Waals surface area contributed by atoms with E-state index in [2.05, 4.69) is 16.8 Å². The van der Waals surface area contributed by atoms with Gasteiger partial charge in [-0.15, -0.1) is 0 Å². The lowest BCUT2D eigenvalue weighted by atomic mass is 10.1. The van der Waals surface area contributed by atoms with Crippen LogP contribution < -0.4 is 5.73 Å². The van der Waals surface area contributed by atoms with E-state index >= 15 is 0 Å². The van der Waals surface area contributed by atoms with Crippen molar-refractivity contribution in [1.29, 1.82) is 0 Å². The van der Waals surface area contributed by atoms with Gasteiger partial charge in [-0.05, 0) is 19.2 Å². The lowest BCUT2D eigenvalue weighted by Gasteiger charge is -2.39. The van der Waals surface area contributed by atoms with Crippen molar-refractivity contribution in [3.05, 3.63) is 27.7 Å². The first-order valence-electron chi connectivity index (χ1n) is 6.30. The minimum Gasteiger partial charge on any atom is -0.506 e. The van der Waals surface area contributed by atoms with E-state index in [1.165, 1.54) is 0 Å². The molecule has 1 aromatic carbocycles. The highest BCUT2D eigenvalue weighted by atomic mass is 35.5. The minimum atomic E-state index is 0.112. The molecule has 0 saturated carbocycles. The summed E-state index contributed by atoms with van der Waals surface area (Å²) in [5, 5.41) is 10.8. The standard InChI is InChI=1S/C13H19Cl2N3O/c1-17-2-3-18(11(6-16)8-17)7-9-4-10(14)5-12(15)13(9)19/h4-5,11,19H,2-3,6-8,16H2,1H3. The number of rotatable bonds is 3. The first kappa shape index (κ1) is 14.9. The molecule has 1 unspecified atom stereocenters. The number of phenolic OH excluding ortho intramolecular Hbond substituents is 1. The monoisotopic (exact) mass is 303 g/mol. The molecule has 1 saturated heterocycles. The molecule has 1 aromatic rings. The van der Waals surface area contributed by atoms with Gasteiger partial charge in [0.05, 0.1) is 5.02 Å². The fourth-order valence-corrected chi connectivity index (χ4v) is 2.97. The Morgan fingerprint density at radius 1 is 1.37 bits per heavy atom. The van der Waals surface area contributed by atoms with E-state index in [4.69, 9.17) is 28.9 Å². The maximum atomic E-state index is 10.0. The van der Waals surface area contributed by atoms with Gasteiger partial charge in [0.15, 0.2) is 0 Å². The third-order valence-electron chi connectivity index (χ3n) is 3.56. The minimum absolute atomic E-state index is 0.112. The van der Waals surface area contributed by atoms with Gasteiger partial charge in [-0.25, -0.2) is 0 Å². The highest BCUT2D eigenvalue weighted by Crippen LogP contribution is 2.32. The number of benzene rings is 1. The summed E-state index contributed by atoms with van der Waals surface area (Å²) in [5.41, 5.74) is 6.57. The molecular formula is C13H19Cl2N3O. The van der Waals surface area contributed by atoms with E-state index in [0.717, 1.165) is 25.2 Å². The summed E-state index contributed by atoms with van der Waals surface area (Å²) < 4.78 is 0. The van der Waals surface area contributed by atoms with Gasteiger partial charge in [-0.2, -0.15) is 0 Å². The Hall–Kier alpha value is -0.520. The zero-order valence-corrected chi connectivity index (χ0v) is 12.5. The van der Waals surface area contributed by atoms with Gasteiger partial charge in [0.2, 0.25) is 0 Å². The largest absolute Gasteiger partial charge is 0.506 e. The summed E-state index contributed by atoms with van der Waals surface area (Å²) in [6.45, 7) is 4.06. The SMILES string of the molecule is CN1CCN(Cc2cc(Cl)cc(Cl)c2O)C(CN)C1. The predicted molar refractivity (Wildman–Crippen MR) is 78.9 cm³/mol. The molecule has 1 aliphatic heterocycles. The number of halogens is 2. The summed E-state index contributed by atoms with van der Waals surface area (Å²) in [6, 6.07) is 3.59. The van der Waals surface area contributed by atoms with E-state index in [9.17, 15) is 5.11 Å². The summed E-state index contributed by atoms with van der Waals surface area (Å²) in [4.78, 5) is 4.53. The van der Waals surface area contributed by atoms with Crippen LogP contribution in [0.2, 0.25) is 10.0 Å². The Morgan fingerprint density at radius 3 is 2.79 bits per heavy atom. The molecule has 2 rings (SSSR count). The number of phenols is 1. The molecule has 19 heavy (non-hydrogen) atoms. The van der Waals surface area contributed by atoms with E-state index in [0.29, 0.717) is 23.1 Å². The molecule has 1 fully saturated rings. The molecule has 0 spiro atoms. The van der Waals surface area contributed by atoms with Gasteiger partial charge in [-0.3, -0.25) is 4.90 Å². The van der Waals surface area contributed by atoms with Crippen molar-refractivity contribution in [2.45, 2.75) is 12.6 Å². The number of hydrogen-bond acceptors (Lipinski definition) is 4. The van der Waals surface area contributed by atoms with Crippen molar-refractivity contribution < 1.29 is 5.11 Å². The molecule has 1 atom stereocenters. The van der Waals surface area contributed by atoms with Crippen LogP contribution in [0.4, 0.5) is 0 Å². The number of likely N-dealkylation sites (N-methyl/N-ethyl adjacent to an activating group) is 1. The van der Waals surface area contributed by atoms with Crippen LogP contribution >= 0.6 is 23.2 Å². The lowest BCUT2D eigenvalue weighted by molar-refractivity contribution is 0.0874. The van der Waals surface area contributed by atoms with Crippen molar-refractivity contribution in [3.63, 3.8) is 0 Å². The summed E-state index contributed by atoms with van der Waals surface area (Å²) >= 11 is 11.9. The zero-order chi connectivity index (χ0) is 14.0. The van der Waals surface area contributed by atoms with Crippen molar-refractivity contribution in [1.82, 2.24) is 9.80 Å². The zero-order valence-electron chi connectivity index (χ0n) is 10.9. The van der Waals surface area contributed by atoms with E-state index in [-0.39, 0.29) is 11.8 Å². The molecule has 0 bridgehead atoms. The van der Waals surface area contributed by atoms with E-state index in [1.807, 2.05) is 0 Å². The van der Waals surface area contributed by atoms with Gasteiger partial charge in [0.25, 0.3) is 0 Å². The smallest absolute Gasteiger partial charge is 0.138 e. The fourth-order valence-electron chi connectivity index (χ4n) is 2.44. The van der Waals surface area contributed by atoms with Crippen LogP contribution in [0.3, 0.4) is 0 Å². The van der Waals surface area contributed by atoms with Gasteiger partial charge in [0.1, 0.15) is 5.75 Å². The Labute approximate surface area is 123 Å². The average Bonchev–Trinajstić information content (AvgIpc) is 2.37. The highest BCUT2D eigenvalue weighted by Gasteiger charge is 2.25. The van der Waals surface area contributed by atoms with Gasteiger partial charge in [-0.1, -0.05) is 23.2 Å². The van der Waals surface area contributed by atoms with Crippen molar-refractivity contribution in [2.24, 2.45) is 5.73 Å². The number of piperazine rings is 1. The maximum absolute atomic E-state index is 10.0. The Kier molecular flexibility index (Phi) is 4.92. The Morgan fingerprint density at radius 2 is 2.11 bits per heavy atom. The van der Waals surface area contributed by atoms with Gasteiger partial charge in [0, 0.05) is 49.4 Å². The van der Waals surface area contributed by atoms with Crippen LogP contribution in [0.15, 0.2) is 12.1 Å². The molecule has 3 N–H and O–H groups in total. The van der Waals surface area contributed by atoms with Crippen LogP contribution in [-0.2, 0) is 6.54 Å². The van der Waals surface area contributed by atoms with E-state index < -0.39 is 0 Å². The molecule has 4 nitrogen and oxygen atoms in total. The molecule has 0 aromatic heterocycles. The fraction of sp³-hybridized carbons (Fsp3) is 0.538. The first-order chi connectivity index (χ1) is 9.01. The number of hydrogen-bond donors (Lipinski definition) is 2. The van der Waals surface area contributed by atoms with Crippen LogP contribution in [0, 0.1) is 0 Å². The summed E-state index contributed by atoms with van der Waals surface area (Å²) in [5.74, 6) is 0.112. The molecule has 0 aliphatic carbocycles. The topological polar surface area (TPSA) is 52.7 Å². The Bertz CT molecular complexity index is 456. The second-order valence-corrected chi connectivity index (χ2v) is 5.86. The second-order valence-electron chi connectivity index (χ2n) is 5.02. The van der Waals surface area contributed by atoms with Gasteiger partial charge >= 0.3 is 0 Å². The summed E-state index contributed by atoms with van der Waals surface area (Å²) in [7, 11) is 2.09. The molecule has 1 heterocycles. The molecular weight excluding hydrogens is 285 g/mol. The predicted octanol–water partition coefficient (Wildman–Crippen LogP) is 1.77. The lowest BCUT2D eigenvalue weighted by Crippen LogP contribution is -2.54. The molecule has 1 aliphatic rings. The molecule has 0 radical (unpaired) electrons. The number of nitrogens with zero attached hydrogens (tertiary/aromatic N) is 2. The normalized spacial score (nSPS) is 21.8. The maximum Gasteiger partial charge on any atom is 0.138 e. The number of aromatic hydroxyl groups is 1. The molecule has 0 amide bonds. The first-order valence-corrected chi connectivity index (χ1v) is 7.06. The van der Waals surface area contributed by atoms with Crippen LogP contribution in [0.25, 0.3) is 0 Å². The number of nitrogens with two attached hydrogens (primary N) is 1. The quantitative estimate of drug-likeness (QED) is 0.894. The second kappa shape index (κ2) is 6.29. The van der Waals surface area contributed by atoms with Crippen LogP contribution in [-0.4, -0.2) is 54.2 Å². The molecule has 106 valence electrons. The van der Waals surface area contributed by atoms with E-state index in [1.54, 1.807) is 12.1 Å². The average molecular weight is 304 g/mol. The third kappa shape index (κ3) is 3.52. The highest BCUT2D eigenvalue weighted by molar-refractivity contribution is 6.35. The molecule has 6 heteroatoms. The van der Waals surface area contributed by atoms with Gasteiger partial charge < -0.3 is 15.7 Å².